The second kappa shape index (κ2) is 8.00. The van der Waals surface area contributed by atoms with Gasteiger partial charge in [0.2, 0.25) is 11.8 Å². The largest absolute Gasteiger partial charge is 0.481 e. The monoisotopic (exact) mass is 298 g/mol. The van der Waals surface area contributed by atoms with Crippen molar-refractivity contribution in [2.75, 3.05) is 6.54 Å². The lowest BCUT2D eigenvalue weighted by Gasteiger charge is -2.37. The van der Waals surface area contributed by atoms with Gasteiger partial charge in [0.25, 0.3) is 0 Å². The number of aliphatic carboxylic acids is 1. The van der Waals surface area contributed by atoms with Crippen molar-refractivity contribution < 1.29 is 19.5 Å². The summed E-state index contributed by atoms with van der Waals surface area (Å²) in [5, 5.41) is 11.9. The molecule has 1 fully saturated rings. The molecular weight excluding hydrogens is 272 g/mol. The zero-order valence-electron chi connectivity index (χ0n) is 13.1. The third kappa shape index (κ3) is 5.36. The van der Waals surface area contributed by atoms with Gasteiger partial charge in [0.05, 0.1) is 5.92 Å². The third-order valence-corrected chi connectivity index (χ3v) is 3.87. The number of hydrogen-bond acceptors (Lipinski definition) is 3. The second-order valence-corrected chi connectivity index (χ2v) is 5.99. The molecule has 6 heteroatoms. The maximum absolute atomic E-state index is 12.2. The first-order valence-electron chi connectivity index (χ1n) is 7.64. The smallest absolute Gasteiger partial charge is 0.308 e. The quantitative estimate of drug-likeness (QED) is 0.776. The summed E-state index contributed by atoms with van der Waals surface area (Å²) in [6, 6.07) is -0.167. The summed E-state index contributed by atoms with van der Waals surface area (Å²) in [5.41, 5.74) is 0. The zero-order chi connectivity index (χ0) is 16.0. The van der Waals surface area contributed by atoms with Crippen molar-refractivity contribution in [2.45, 2.75) is 65.0 Å². The third-order valence-electron chi connectivity index (χ3n) is 3.87. The summed E-state index contributed by atoms with van der Waals surface area (Å²) < 4.78 is 0. The van der Waals surface area contributed by atoms with Crippen LogP contribution in [0.25, 0.3) is 0 Å². The lowest BCUT2D eigenvalue weighted by molar-refractivity contribution is -0.149. The number of carbonyl (C=O) groups excluding carboxylic acids is 2. The number of hydrogen-bond donors (Lipinski definition) is 2. The highest BCUT2D eigenvalue weighted by molar-refractivity contribution is 5.80. The average molecular weight is 298 g/mol. The van der Waals surface area contributed by atoms with Crippen molar-refractivity contribution in [1.82, 2.24) is 10.2 Å². The standard InChI is InChI=1S/C15H26N2O4/c1-10(2)16-13(18)7-4-8-14(19)17-9-5-6-12(11(17)3)15(20)21/h10-12H,4-9H2,1-3H3,(H,16,18)(H,20,21)/t11-,12-/m0/s1. The van der Waals surface area contributed by atoms with Crippen molar-refractivity contribution in [1.29, 1.82) is 0 Å². The number of likely N-dealkylation sites (tertiary alicyclic amines) is 1. The van der Waals surface area contributed by atoms with Gasteiger partial charge in [-0.15, -0.1) is 0 Å². The lowest BCUT2D eigenvalue weighted by Crippen LogP contribution is -2.49. The summed E-state index contributed by atoms with van der Waals surface area (Å²) in [6.45, 7) is 6.19. The van der Waals surface area contributed by atoms with E-state index in [1.165, 1.54) is 0 Å². The first-order chi connectivity index (χ1) is 9.82. The van der Waals surface area contributed by atoms with Gasteiger partial charge in [-0.25, -0.2) is 0 Å². The van der Waals surface area contributed by atoms with E-state index in [0.717, 1.165) is 6.42 Å². The molecule has 1 rings (SSSR count). The normalized spacial score (nSPS) is 22.2. The number of nitrogens with one attached hydrogen (secondary N) is 1. The highest BCUT2D eigenvalue weighted by atomic mass is 16.4. The van der Waals surface area contributed by atoms with Gasteiger partial charge in [-0.3, -0.25) is 14.4 Å². The molecule has 0 aromatic carbocycles. The van der Waals surface area contributed by atoms with Gasteiger partial charge >= 0.3 is 5.97 Å². The number of carboxylic acid groups (broad SMARTS) is 1. The van der Waals surface area contributed by atoms with Gasteiger partial charge in [-0.05, 0) is 40.0 Å². The van der Waals surface area contributed by atoms with Gasteiger partial charge in [-0.1, -0.05) is 0 Å². The second-order valence-electron chi connectivity index (χ2n) is 5.99. The van der Waals surface area contributed by atoms with E-state index in [4.69, 9.17) is 5.11 Å². The Morgan fingerprint density at radius 1 is 1.29 bits per heavy atom. The van der Waals surface area contributed by atoms with E-state index in [-0.39, 0.29) is 23.9 Å². The van der Waals surface area contributed by atoms with E-state index < -0.39 is 11.9 Å². The molecule has 0 radical (unpaired) electrons. The highest BCUT2D eigenvalue weighted by Crippen LogP contribution is 2.24. The van der Waals surface area contributed by atoms with Crippen molar-refractivity contribution in [3.8, 4) is 0 Å². The maximum atomic E-state index is 12.2. The Labute approximate surface area is 125 Å². The van der Waals surface area contributed by atoms with E-state index in [0.29, 0.717) is 32.2 Å². The predicted octanol–water partition coefficient (Wildman–Crippen LogP) is 1.39. The van der Waals surface area contributed by atoms with Crippen LogP contribution in [0.5, 0.6) is 0 Å². The minimum Gasteiger partial charge on any atom is -0.481 e. The number of piperidine rings is 1. The van der Waals surface area contributed by atoms with Crippen LogP contribution in [0.4, 0.5) is 0 Å². The summed E-state index contributed by atoms with van der Waals surface area (Å²) in [6.07, 6.45) is 2.47. The number of carboxylic acids is 1. The summed E-state index contributed by atoms with van der Waals surface area (Å²) in [7, 11) is 0. The topological polar surface area (TPSA) is 86.7 Å². The molecule has 1 aliphatic rings. The molecule has 0 unspecified atom stereocenters. The van der Waals surface area contributed by atoms with E-state index in [2.05, 4.69) is 5.32 Å². The molecular formula is C15H26N2O4. The maximum Gasteiger partial charge on any atom is 0.308 e. The van der Waals surface area contributed by atoms with Crippen molar-refractivity contribution >= 4 is 17.8 Å². The van der Waals surface area contributed by atoms with E-state index in [9.17, 15) is 14.4 Å². The first kappa shape index (κ1) is 17.5. The van der Waals surface area contributed by atoms with Crippen LogP contribution >= 0.6 is 0 Å². The average Bonchev–Trinajstić information content (AvgIpc) is 2.37. The molecule has 0 aromatic rings. The summed E-state index contributed by atoms with van der Waals surface area (Å²) in [4.78, 5) is 36.5. The molecule has 1 aliphatic heterocycles. The molecule has 2 amide bonds. The SMILES string of the molecule is CC(C)NC(=O)CCCC(=O)N1CCC[C@H](C(=O)O)[C@@H]1C. The Bertz CT molecular complexity index is 395. The fourth-order valence-corrected chi connectivity index (χ4v) is 2.76. The van der Waals surface area contributed by atoms with Crippen LogP contribution in [0.15, 0.2) is 0 Å². The van der Waals surface area contributed by atoms with E-state index in [1.807, 2.05) is 13.8 Å². The van der Waals surface area contributed by atoms with Gasteiger partial charge < -0.3 is 15.3 Å². The van der Waals surface area contributed by atoms with E-state index in [1.54, 1.807) is 11.8 Å². The summed E-state index contributed by atoms with van der Waals surface area (Å²) >= 11 is 0. The Kier molecular flexibility index (Phi) is 6.65. The van der Waals surface area contributed by atoms with Crippen LogP contribution in [-0.2, 0) is 14.4 Å². The minimum absolute atomic E-state index is 0.0482. The van der Waals surface area contributed by atoms with Crippen LogP contribution in [0.3, 0.4) is 0 Å². The van der Waals surface area contributed by atoms with Crippen LogP contribution in [0.2, 0.25) is 0 Å². The molecule has 0 bridgehead atoms. The number of carbonyl (C=O) groups is 3. The molecule has 2 N–H and O–H groups in total. The number of nitrogens with zero attached hydrogens (tertiary/aromatic N) is 1. The number of amides is 2. The summed E-state index contributed by atoms with van der Waals surface area (Å²) in [5.74, 6) is -1.41. The fraction of sp³-hybridized carbons (Fsp3) is 0.800. The van der Waals surface area contributed by atoms with Gasteiger partial charge in [-0.2, -0.15) is 0 Å². The minimum atomic E-state index is -0.837. The molecule has 6 nitrogen and oxygen atoms in total. The van der Waals surface area contributed by atoms with Gasteiger partial charge in [0.15, 0.2) is 0 Å². The molecule has 0 aromatic heterocycles. The first-order valence-corrected chi connectivity index (χ1v) is 7.64. The molecule has 0 aliphatic carbocycles. The highest BCUT2D eigenvalue weighted by Gasteiger charge is 2.34. The van der Waals surface area contributed by atoms with Gasteiger partial charge in [0, 0.05) is 31.5 Å². The van der Waals surface area contributed by atoms with Crippen molar-refractivity contribution in [3.63, 3.8) is 0 Å². The fourth-order valence-electron chi connectivity index (χ4n) is 2.76. The predicted molar refractivity (Wildman–Crippen MR) is 78.7 cm³/mol. The Morgan fingerprint density at radius 3 is 2.52 bits per heavy atom. The Hall–Kier alpha value is -1.59. The molecule has 21 heavy (non-hydrogen) atoms. The molecule has 1 saturated heterocycles. The zero-order valence-corrected chi connectivity index (χ0v) is 13.1. The van der Waals surface area contributed by atoms with Crippen LogP contribution < -0.4 is 5.32 Å². The molecule has 0 saturated carbocycles. The molecule has 1 heterocycles. The molecule has 0 spiro atoms. The van der Waals surface area contributed by atoms with Crippen molar-refractivity contribution in [3.05, 3.63) is 0 Å². The Balaban J connectivity index is 2.41. The van der Waals surface area contributed by atoms with Crippen molar-refractivity contribution in [2.24, 2.45) is 5.92 Å². The molecule has 120 valence electrons. The molecule has 2 atom stereocenters. The van der Waals surface area contributed by atoms with E-state index >= 15 is 0 Å². The van der Waals surface area contributed by atoms with Crippen LogP contribution in [-0.4, -0.2) is 46.4 Å². The number of rotatable bonds is 6. The lowest BCUT2D eigenvalue weighted by atomic mass is 9.90. The van der Waals surface area contributed by atoms with Crippen LogP contribution in [0, 0.1) is 5.92 Å². The van der Waals surface area contributed by atoms with Crippen LogP contribution in [0.1, 0.15) is 52.9 Å². The Morgan fingerprint density at radius 2 is 1.95 bits per heavy atom. The van der Waals surface area contributed by atoms with Gasteiger partial charge in [0.1, 0.15) is 0 Å².